The second-order valence-electron chi connectivity index (χ2n) is 3.76. The van der Waals surface area contributed by atoms with Crippen LogP contribution in [-0.2, 0) is 9.59 Å². The molecule has 0 heterocycles. The van der Waals surface area contributed by atoms with Crippen LogP contribution in [0.15, 0.2) is 12.7 Å². The van der Waals surface area contributed by atoms with Crippen LogP contribution >= 0.6 is 0 Å². The number of carboxylic acids is 1. The van der Waals surface area contributed by atoms with Crippen LogP contribution in [0.3, 0.4) is 0 Å². The van der Waals surface area contributed by atoms with Gasteiger partial charge in [0.2, 0.25) is 5.91 Å². The molecule has 0 unspecified atom stereocenters. The molecule has 0 aromatic carbocycles. The van der Waals surface area contributed by atoms with Crippen LogP contribution in [0.4, 0.5) is 0 Å². The van der Waals surface area contributed by atoms with Gasteiger partial charge in [-0.2, -0.15) is 0 Å². The van der Waals surface area contributed by atoms with Crippen LogP contribution in [0, 0.1) is 0 Å². The third-order valence-electron chi connectivity index (χ3n) is 2.21. The fourth-order valence-corrected chi connectivity index (χ4v) is 1.33. The molecule has 0 saturated carbocycles. The molecule has 0 aromatic rings. The Morgan fingerprint density at radius 1 is 1.53 bits per heavy atom. The van der Waals surface area contributed by atoms with Crippen LogP contribution < -0.4 is 5.32 Å². The minimum atomic E-state index is -1.15. The molecule has 4 nitrogen and oxygen atoms in total. The monoisotopic (exact) mass is 213 g/mol. The summed E-state index contributed by atoms with van der Waals surface area (Å²) in [7, 11) is 0. The van der Waals surface area contributed by atoms with Gasteiger partial charge in [0.1, 0.15) is 5.54 Å². The number of rotatable bonds is 7. The Morgan fingerprint density at radius 2 is 2.13 bits per heavy atom. The minimum absolute atomic E-state index is 0.242. The number of hydrogen-bond donors (Lipinski definition) is 2. The van der Waals surface area contributed by atoms with Crippen LogP contribution in [-0.4, -0.2) is 22.5 Å². The van der Waals surface area contributed by atoms with E-state index < -0.39 is 11.5 Å². The van der Waals surface area contributed by atoms with Gasteiger partial charge in [-0.15, -0.1) is 6.58 Å². The Hall–Kier alpha value is -1.32. The van der Waals surface area contributed by atoms with Crippen LogP contribution in [0.5, 0.6) is 0 Å². The SMILES string of the molecule is C=CCCC(=O)N[C@](C)(CCC)C(=O)O. The molecule has 0 rings (SSSR count). The van der Waals surface area contributed by atoms with Gasteiger partial charge in [-0.25, -0.2) is 4.79 Å². The lowest BCUT2D eigenvalue weighted by Gasteiger charge is -2.25. The third-order valence-corrected chi connectivity index (χ3v) is 2.21. The van der Waals surface area contributed by atoms with Gasteiger partial charge in [0.15, 0.2) is 0 Å². The maximum atomic E-state index is 11.4. The highest BCUT2D eigenvalue weighted by Gasteiger charge is 2.33. The highest BCUT2D eigenvalue weighted by molar-refractivity contribution is 5.86. The van der Waals surface area contributed by atoms with Gasteiger partial charge in [-0.1, -0.05) is 19.4 Å². The van der Waals surface area contributed by atoms with Gasteiger partial charge in [0, 0.05) is 6.42 Å². The predicted molar refractivity (Wildman–Crippen MR) is 58.5 cm³/mol. The number of carbonyl (C=O) groups is 2. The van der Waals surface area contributed by atoms with E-state index in [0.717, 1.165) is 0 Å². The van der Waals surface area contributed by atoms with E-state index in [9.17, 15) is 9.59 Å². The number of amides is 1. The zero-order valence-electron chi connectivity index (χ0n) is 9.38. The molecule has 0 saturated heterocycles. The average molecular weight is 213 g/mol. The first-order valence-electron chi connectivity index (χ1n) is 5.11. The molecule has 0 aliphatic rings. The summed E-state index contributed by atoms with van der Waals surface area (Å²) in [6, 6.07) is 0. The number of carbonyl (C=O) groups excluding carboxylic acids is 1. The van der Waals surface area contributed by atoms with Gasteiger partial charge in [0.25, 0.3) is 0 Å². The highest BCUT2D eigenvalue weighted by atomic mass is 16.4. The molecule has 0 aromatic heterocycles. The Morgan fingerprint density at radius 3 is 2.53 bits per heavy atom. The van der Waals surface area contributed by atoms with E-state index in [1.54, 1.807) is 6.08 Å². The molecule has 1 amide bonds. The topological polar surface area (TPSA) is 66.4 Å². The van der Waals surface area contributed by atoms with Gasteiger partial charge in [0.05, 0.1) is 0 Å². The van der Waals surface area contributed by atoms with Crippen molar-refractivity contribution in [3.8, 4) is 0 Å². The quantitative estimate of drug-likeness (QED) is 0.633. The maximum absolute atomic E-state index is 11.4. The van der Waals surface area contributed by atoms with Crippen molar-refractivity contribution in [1.82, 2.24) is 5.32 Å². The van der Waals surface area contributed by atoms with Crippen molar-refractivity contribution >= 4 is 11.9 Å². The number of hydrogen-bond acceptors (Lipinski definition) is 2. The van der Waals surface area contributed by atoms with E-state index >= 15 is 0 Å². The number of carboxylic acid groups (broad SMARTS) is 1. The Kier molecular flexibility index (Phi) is 5.67. The first kappa shape index (κ1) is 13.7. The summed E-state index contributed by atoms with van der Waals surface area (Å²) in [5.41, 5.74) is -1.15. The lowest BCUT2D eigenvalue weighted by molar-refractivity contribution is -0.147. The van der Waals surface area contributed by atoms with E-state index in [1.807, 2.05) is 6.92 Å². The molecule has 15 heavy (non-hydrogen) atoms. The van der Waals surface area contributed by atoms with E-state index in [4.69, 9.17) is 5.11 Å². The van der Waals surface area contributed by atoms with Crippen molar-refractivity contribution in [3.05, 3.63) is 12.7 Å². The van der Waals surface area contributed by atoms with Crippen molar-refractivity contribution in [2.24, 2.45) is 0 Å². The first-order chi connectivity index (χ1) is 6.96. The molecule has 0 aliphatic carbocycles. The van der Waals surface area contributed by atoms with Crippen LogP contribution in [0.25, 0.3) is 0 Å². The molecular formula is C11H19NO3. The van der Waals surface area contributed by atoms with Gasteiger partial charge >= 0.3 is 5.97 Å². The molecule has 0 radical (unpaired) electrons. The van der Waals surface area contributed by atoms with E-state index in [0.29, 0.717) is 19.3 Å². The highest BCUT2D eigenvalue weighted by Crippen LogP contribution is 2.13. The summed E-state index contributed by atoms with van der Waals surface area (Å²) in [4.78, 5) is 22.4. The molecule has 0 aliphatic heterocycles. The second-order valence-corrected chi connectivity index (χ2v) is 3.76. The standard InChI is InChI=1S/C11H19NO3/c1-4-6-7-9(13)12-11(3,8-5-2)10(14)15/h4H,1,5-8H2,2-3H3,(H,12,13)(H,14,15)/t11-/m1/s1. The predicted octanol–water partition coefficient (Wildman–Crippen LogP) is 1.71. The molecule has 4 heteroatoms. The molecule has 2 N–H and O–H groups in total. The number of nitrogens with one attached hydrogen (secondary N) is 1. The normalized spacial score (nSPS) is 14.0. The molecule has 0 bridgehead atoms. The zero-order valence-corrected chi connectivity index (χ0v) is 9.38. The van der Waals surface area contributed by atoms with Crippen molar-refractivity contribution in [1.29, 1.82) is 0 Å². The Bertz CT molecular complexity index is 250. The van der Waals surface area contributed by atoms with Crippen LogP contribution in [0.2, 0.25) is 0 Å². The van der Waals surface area contributed by atoms with Gasteiger partial charge in [-0.3, -0.25) is 4.79 Å². The smallest absolute Gasteiger partial charge is 0.329 e. The average Bonchev–Trinajstić information content (AvgIpc) is 2.14. The molecule has 0 fully saturated rings. The van der Waals surface area contributed by atoms with Gasteiger partial charge in [-0.05, 0) is 19.8 Å². The summed E-state index contributed by atoms with van der Waals surface area (Å²) >= 11 is 0. The van der Waals surface area contributed by atoms with Crippen molar-refractivity contribution in [2.45, 2.75) is 45.1 Å². The van der Waals surface area contributed by atoms with Crippen LogP contribution in [0.1, 0.15) is 39.5 Å². The minimum Gasteiger partial charge on any atom is -0.480 e. The van der Waals surface area contributed by atoms with Crippen molar-refractivity contribution in [2.75, 3.05) is 0 Å². The summed E-state index contributed by atoms with van der Waals surface area (Å²) in [6.07, 6.45) is 3.63. The maximum Gasteiger partial charge on any atom is 0.329 e. The number of allylic oxidation sites excluding steroid dienone is 1. The molecule has 86 valence electrons. The lowest BCUT2D eigenvalue weighted by atomic mass is 9.96. The molecule has 1 atom stereocenters. The van der Waals surface area contributed by atoms with Gasteiger partial charge < -0.3 is 10.4 Å². The fourth-order valence-electron chi connectivity index (χ4n) is 1.33. The lowest BCUT2D eigenvalue weighted by Crippen LogP contribution is -2.52. The summed E-state index contributed by atoms with van der Waals surface area (Å²) < 4.78 is 0. The number of aliphatic carboxylic acids is 1. The third kappa shape index (κ3) is 4.63. The largest absolute Gasteiger partial charge is 0.480 e. The first-order valence-corrected chi connectivity index (χ1v) is 5.11. The van der Waals surface area contributed by atoms with E-state index in [1.165, 1.54) is 6.92 Å². The Labute approximate surface area is 90.4 Å². The summed E-state index contributed by atoms with van der Waals surface area (Å²) in [5, 5.41) is 11.5. The molecular weight excluding hydrogens is 194 g/mol. The van der Waals surface area contributed by atoms with Crippen molar-refractivity contribution < 1.29 is 14.7 Å². The van der Waals surface area contributed by atoms with E-state index in [2.05, 4.69) is 11.9 Å². The Balaban J connectivity index is 4.34. The zero-order chi connectivity index (χ0) is 11.9. The van der Waals surface area contributed by atoms with Crippen molar-refractivity contribution in [3.63, 3.8) is 0 Å². The van der Waals surface area contributed by atoms with E-state index in [-0.39, 0.29) is 12.3 Å². The fraction of sp³-hybridized carbons (Fsp3) is 0.636. The second kappa shape index (κ2) is 6.22. The molecule has 0 spiro atoms. The summed E-state index contributed by atoms with van der Waals surface area (Å²) in [6.45, 7) is 6.92. The summed E-state index contributed by atoms with van der Waals surface area (Å²) in [5.74, 6) is -1.23.